The lowest BCUT2D eigenvalue weighted by Gasteiger charge is -2.15. The standard InChI is InChI=1S/C4H11F3OSi2/c1-3-4-10(2,7)8-9(5)6/h9H,3-4H2,1-2H3. The molecule has 62 valence electrons. The average molecular weight is 188 g/mol. The van der Waals surface area contributed by atoms with Crippen molar-refractivity contribution >= 4 is 18.4 Å². The summed E-state index contributed by atoms with van der Waals surface area (Å²) in [4.78, 5) is 0. The Hall–Kier alpha value is 0.184. The van der Waals surface area contributed by atoms with E-state index in [1.165, 1.54) is 6.55 Å². The fraction of sp³-hybridized carbons (Fsp3) is 1.00. The summed E-state index contributed by atoms with van der Waals surface area (Å²) in [5, 5.41) is 0. The second-order valence-electron chi connectivity index (χ2n) is 2.23. The van der Waals surface area contributed by atoms with E-state index in [9.17, 15) is 12.3 Å². The molecule has 0 heterocycles. The minimum atomic E-state index is -4.14. The SMILES string of the molecule is CCC[Si](C)(F)O[SiH](F)F. The minimum Gasteiger partial charge on any atom is -0.387 e. The van der Waals surface area contributed by atoms with Gasteiger partial charge in [0.15, 0.2) is 0 Å². The lowest BCUT2D eigenvalue weighted by molar-refractivity contribution is 0.377. The summed E-state index contributed by atoms with van der Waals surface area (Å²) in [5.74, 6) is 0. The molecule has 1 nitrogen and oxygen atoms in total. The molecule has 0 aromatic carbocycles. The smallest absolute Gasteiger partial charge is 0.387 e. The van der Waals surface area contributed by atoms with Crippen molar-refractivity contribution in [3.05, 3.63) is 0 Å². The van der Waals surface area contributed by atoms with Gasteiger partial charge in [0.2, 0.25) is 0 Å². The first kappa shape index (κ1) is 10.2. The van der Waals surface area contributed by atoms with Crippen molar-refractivity contribution in [1.29, 1.82) is 0 Å². The summed E-state index contributed by atoms with van der Waals surface area (Å²) in [6, 6.07) is 0.171. The highest BCUT2D eigenvalue weighted by Crippen LogP contribution is 2.16. The van der Waals surface area contributed by atoms with Gasteiger partial charge in [-0.05, 0) is 12.6 Å². The van der Waals surface area contributed by atoms with Gasteiger partial charge in [-0.2, -0.15) is 0 Å². The molecule has 0 saturated heterocycles. The van der Waals surface area contributed by atoms with Crippen molar-refractivity contribution in [2.45, 2.75) is 25.9 Å². The van der Waals surface area contributed by atoms with Crippen LogP contribution >= 0.6 is 0 Å². The van der Waals surface area contributed by atoms with Crippen molar-refractivity contribution in [3.63, 3.8) is 0 Å². The molecule has 0 N–H and O–H groups in total. The number of hydrogen-bond acceptors (Lipinski definition) is 1. The van der Waals surface area contributed by atoms with Crippen LogP contribution in [-0.4, -0.2) is 18.4 Å². The average Bonchev–Trinajstić information content (AvgIpc) is 1.59. The largest absolute Gasteiger partial charge is 0.553 e. The summed E-state index contributed by atoms with van der Waals surface area (Å²) in [6.07, 6.45) is 0.570. The maximum absolute atomic E-state index is 12.8. The Morgan fingerprint density at radius 1 is 1.50 bits per heavy atom. The van der Waals surface area contributed by atoms with E-state index in [2.05, 4.69) is 4.12 Å². The molecule has 6 heteroatoms. The molecular formula is C4H11F3OSi2. The Balaban J connectivity index is 3.63. The van der Waals surface area contributed by atoms with Gasteiger partial charge in [0.1, 0.15) is 0 Å². The van der Waals surface area contributed by atoms with E-state index in [0.29, 0.717) is 6.42 Å². The molecule has 0 amide bonds. The fourth-order valence-corrected chi connectivity index (χ4v) is 3.54. The van der Waals surface area contributed by atoms with Crippen LogP contribution in [0.5, 0.6) is 0 Å². The highest BCUT2D eigenvalue weighted by molar-refractivity contribution is 6.71. The Kier molecular flexibility index (Phi) is 4.22. The zero-order chi connectivity index (χ0) is 8.20. The predicted octanol–water partition coefficient (Wildman–Crippen LogP) is 2.11. The molecule has 1 atom stereocenters. The van der Waals surface area contributed by atoms with Gasteiger partial charge < -0.3 is 4.12 Å². The second-order valence-corrected chi connectivity index (χ2v) is 6.40. The van der Waals surface area contributed by atoms with E-state index in [4.69, 9.17) is 0 Å². The third-order valence-electron chi connectivity index (χ3n) is 1.03. The van der Waals surface area contributed by atoms with Crippen LogP contribution in [0.15, 0.2) is 0 Å². The van der Waals surface area contributed by atoms with Crippen LogP contribution in [0.4, 0.5) is 12.3 Å². The first-order valence-electron chi connectivity index (χ1n) is 3.13. The molecule has 0 aromatic rings. The van der Waals surface area contributed by atoms with Crippen molar-refractivity contribution < 1.29 is 16.4 Å². The van der Waals surface area contributed by atoms with Crippen molar-refractivity contribution in [1.82, 2.24) is 0 Å². The van der Waals surface area contributed by atoms with Crippen LogP contribution in [0.2, 0.25) is 12.6 Å². The Labute approximate surface area is 61.6 Å². The molecular weight excluding hydrogens is 177 g/mol. The molecule has 0 rings (SSSR count). The fourth-order valence-electron chi connectivity index (χ4n) is 0.691. The Morgan fingerprint density at radius 2 is 2.00 bits per heavy atom. The number of halogens is 3. The highest BCUT2D eigenvalue weighted by Gasteiger charge is 2.33. The molecule has 10 heavy (non-hydrogen) atoms. The number of rotatable bonds is 4. The van der Waals surface area contributed by atoms with Gasteiger partial charge in [-0.1, -0.05) is 13.3 Å². The van der Waals surface area contributed by atoms with E-state index in [1.807, 2.05) is 0 Å². The minimum absolute atomic E-state index is 0.171. The van der Waals surface area contributed by atoms with Crippen LogP contribution in [0.3, 0.4) is 0 Å². The molecule has 0 aromatic heterocycles. The molecule has 0 aliphatic rings. The zero-order valence-corrected chi connectivity index (χ0v) is 8.19. The molecule has 0 aliphatic heterocycles. The zero-order valence-electron chi connectivity index (χ0n) is 6.03. The molecule has 0 fully saturated rings. The van der Waals surface area contributed by atoms with Crippen LogP contribution in [0.1, 0.15) is 13.3 Å². The van der Waals surface area contributed by atoms with Gasteiger partial charge in [0.05, 0.1) is 0 Å². The molecule has 1 unspecified atom stereocenters. The lowest BCUT2D eigenvalue weighted by atomic mass is 10.6. The van der Waals surface area contributed by atoms with Crippen molar-refractivity contribution in [2.75, 3.05) is 0 Å². The predicted molar refractivity (Wildman–Crippen MR) is 38.3 cm³/mol. The van der Waals surface area contributed by atoms with Gasteiger partial charge in [0.25, 0.3) is 0 Å². The first-order chi connectivity index (χ1) is 4.48. The molecule has 0 spiro atoms. The monoisotopic (exact) mass is 188 g/mol. The van der Waals surface area contributed by atoms with Crippen LogP contribution in [0.25, 0.3) is 0 Å². The summed E-state index contributed by atoms with van der Waals surface area (Å²) in [6.45, 7) is 2.93. The van der Waals surface area contributed by atoms with E-state index in [0.717, 1.165) is 0 Å². The lowest BCUT2D eigenvalue weighted by Crippen LogP contribution is -2.32. The van der Waals surface area contributed by atoms with Crippen molar-refractivity contribution in [3.8, 4) is 0 Å². The van der Waals surface area contributed by atoms with Gasteiger partial charge in [-0.25, -0.2) is 8.22 Å². The van der Waals surface area contributed by atoms with Gasteiger partial charge in [-0.3, -0.25) is 4.11 Å². The summed E-state index contributed by atoms with van der Waals surface area (Å²) < 4.78 is 39.9. The van der Waals surface area contributed by atoms with Gasteiger partial charge in [-0.15, -0.1) is 0 Å². The summed E-state index contributed by atoms with van der Waals surface area (Å²) >= 11 is 0. The van der Waals surface area contributed by atoms with Gasteiger partial charge in [0, 0.05) is 0 Å². The van der Waals surface area contributed by atoms with E-state index in [-0.39, 0.29) is 6.04 Å². The maximum Gasteiger partial charge on any atom is 0.553 e. The molecule has 0 aliphatic carbocycles. The quantitative estimate of drug-likeness (QED) is 0.485. The second kappa shape index (κ2) is 4.14. The molecule has 0 bridgehead atoms. The topological polar surface area (TPSA) is 9.23 Å². The number of hydrogen-bond donors (Lipinski definition) is 0. The Morgan fingerprint density at radius 3 is 2.30 bits per heavy atom. The van der Waals surface area contributed by atoms with Gasteiger partial charge >= 0.3 is 18.4 Å². The highest BCUT2D eigenvalue weighted by atomic mass is 28.5. The van der Waals surface area contributed by atoms with E-state index >= 15 is 0 Å². The Bertz CT molecular complexity index is 98.5. The van der Waals surface area contributed by atoms with Crippen LogP contribution < -0.4 is 0 Å². The van der Waals surface area contributed by atoms with Crippen LogP contribution in [0, 0.1) is 0 Å². The van der Waals surface area contributed by atoms with Crippen molar-refractivity contribution in [2.24, 2.45) is 0 Å². The summed E-state index contributed by atoms with van der Waals surface area (Å²) in [5.41, 5.74) is 0. The third kappa shape index (κ3) is 5.01. The first-order valence-corrected chi connectivity index (χ1v) is 6.96. The summed E-state index contributed by atoms with van der Waals surface area (Å²) in [7, 11) is -7.60. The normalized spacial score (nSPS) is 17.4. The van der Waals surface area contributed by atoms with Crippen LogP contribution in [-0.2, 0) is 4.12 Å². The van der Waals surface area contributed by atoms with E-state index < -0.39 is 18.4 Å². The van der Waals surface area contributed by atoms with E-state index in [1.54, 1.807) is 6.92 Å². The maximum atomic E-state index is 12.8. The molecule has 0 saturated carbocycles. The molecule has 0 radical (unpaired) electrons. The third-order valence-corrected chi connectivity index (χ3v) is 5.10.